The standard InChI is InChI=1S/C15H20N2O2/c1-11-3-5-13(6-4-11)9-17(12(2)18)10-15(19)16-14-7-8-14/h3-6,14H,7-10H2,1-2H3,(H,16,19). The molecule has 4 nitrogen and oxygen atoms in total. The number of nitrogens with one attached hydrogen (secondary N) is 1. The second kappa shape index (κ2) is 5.87. The van der Waals surface area contributed by atoms with Crippen LogP contribution in [-0.4, -0.2) is 29.3 Å². The summed E-state index contributed by atoms with van der Waals surface area (Å²) >= 11 is 0. The molecule has 0 heterocycles. The lowest BCUT2D eigenvalue weighted by Crippen LogP contribution is -2.40. The van der Waals surface area contributed by atoms with Crippen molar-refractivity contribution in [3.8, 4) is 0 Å². The number of amides is 2. The Hall–Kier alpha value is -1.84. The third kappa shape index (κ3) is 4.39. The summed E-state index contributed by atoms with van der Waals surface area (Å²) in [6, 6.07) is 8.34. The molecule has 0 spiro atoms. The van der Waals surface area contributed by atoms with Gasteiger partial charge in [-0.2, -0.15) is 0 Å². The van der Waals surface area contributed by atoms with Gasteiger partial charge in [-0.25, -0.2) is 0 Å². The van der Waals surface area contributed by atoms with Crippen molar-refractivity contribution < 1.29 is 9.59 Å². The fourth-order valence-corrected chi connectivity index (χ4v) is 1.87. The van der Waals surface area contributed by atoms with E-state index in [1.807, 2.05) is 31.2 Å². The molecule has 1 aromatic carbocycles. The molecule has 2 rings (SSSR count). The molecule has 0 bridgehead atoms. The number of nitrogens with zero attached hydrogens (tertiary/aromatic N) is 1. The number of hydrogen-bond acceptors (Lipinski definition) is 2. The van der Waals surface area contributed by atoms with Gasteiger partial charge in [0.05, 0.1) is 6.54 Å². The highest BCUT2D eigenvalue weighted by Crippen LogP contribution is 2.18. The highest BCUT2D eigenvalue weighted by Gasteiger charge is 2.24. The topological polar surface area (TPSA) is 49.4 Å². The van der Waals surface area contributed by atoms with Crippen molar-refractivity contribution in [1.29, 1.82) is 0 Å². The van der Waals surface area contributed by atoms with Crippen LogP contribution in [0.2, 0.25) is 0 Å². The molecular formula is C15H20N2O2. The normalized spacial score (nSPS) is 14.0. The van der Waals surface area contributed by atoms with Crippen molar-refractivity contribution in [2.75, 3.05) is 6.54 Å². The molecule has 0 saturated heterocycles. The minimum Gasteiger partial charge on any atom is -0.352 e. The number of hydrogen-bond donors (Lipinski definition) is 1. The first kappa shape index (κ1) is 13.6. The van der Waals surface area contributed by atoms with Gasteiger partial charge in [0, 0.05) is 19.5 Å². The summed E-state index contributed by atoms with van der Waals surface area (Å²) in [5.74, 6) is -0.142. The summed E-state index contributed by atoms with van der Waals surface area (Å²) in [5.41, 5.74) is 2.23. The Labute approximate surface area is 113 Å². The predicted octanol–water partition coefficient (Wildman–Crippen LogP) is 1.62. The number of aryl methyl sites for hydroxylation is 1. The lowest BCUT2D eigenvalue weighted by atomic mass is 10.1. The molecule has 0 aliphatic heterocycles. The maximum Gasteiger partial charge on any atom is 0.239 e. The molecule has 1 fully saturated rings. The van der Waals surface area contributed by atoms with Gasteiger partial charge in [-0.1, -0.05) is 29.8 Å². The van der Waals surface area contributed by atoms with Crippen LogP contribution < -0.4 is 5.32 Å². The van der Waals surface area contributed by atoms with Crippen molar-refractivity contribution in [2.24, 2.45) is 0 Å². The Morgan fingerprint density at radius 1 is 1.26 bits per heavy atom. The SMILES string of the molecule is CC(=O)N(CC(=O)NC1CC1)Cc1ccc(C)cc1. The molecule has 0 unspecified atom stereocenters. The Balaban J connectivity index is 1.93. The zero-order valence-corrected chi connectivity index (χ0v) is 11.5. The van der Waals surface area contributed by atoms with Crippen molar-refractivity contribution in [2.45, 2.75) is 39.3 Å². The van der Waals surface area contributed by atoms with Crippen molar-refractivity contribution >= 4 is 11.8 Å². The monoisotopic (exact) mass is 260 g/mol. The van der Waals surface area contributed by atoms with Gasteiger partial charge in [0.1, 0.15) is 0 Å². The maximum absolute atomic E-state index is 11.7. The van der Waals surface area contributed by atoms with E-state index in [0.717, 1.165) is 18.4 Å². The van der Waals surface area contributed by atoms with E-state index < -0.39 is 0 Å². The molecule has 1 aliphatic carbocycles. The zero-order chi connectivity index (χ0) is 13.8. The number of carbonyl (C=O) groups excluding carboxylic acids is 2. The molecule has 2 amide bonds. The van der Waals surface area contributed by atoms with E-state index in [0.29, 0.717) is 12.6 Å². The summed E-state index contributed by atoms with van der Waals surface area (Å²) in [6.07, 6.45) is 2.12. The smallest absolute Gasteiger partial charge is 0.239 e. The van der Waals surface area contributed by atoms with E-state index in [1.165, 1.54) is 12.5 Å². The highest BCUT2D eigenvalue weighted by atomic mass is 16.2. The van der Waals surface area contributed by atoms with Gasteiger partial charge in [-0.15, -0.1) is 0 Å². The Bertz CT molecular complexity index is 464. The molecule has 19 heavy (non-hydrogen) atoms. The van der Waals surface area contributed by atoms with Crippen LogP contribution in [0.15, 0.2) is 24.3 Å². The average molecular weight is 260 g/mol. The first-order valence-electron chi connectivity index (χ1n) is 6.65. The van der Waals surface area contributed by atoms with E-state index >= 15 is 0 Å². The number of benzene rings is 1. The second-order valence-electron chi connectivity index (χ2n) is 5.20. The van der Waals surface area contributed by atoms with Crippen LogP contribution in [0.5, 0.6) is 0 Å². The molecule has 1 N–H and O–H groups in total. The second-order valence-corrected chi connectivity index (χ2v) is 5.20. The summed E-state index contributed by atoms with van der Waals surface area (Å²) in [7, 11) is 0. The molecule has 1 aromatic rings. The van der Waals surface area contributed by atoms with Gasteiger partial charge in [0.2, 0.25) is 11.8 Å². The Morgan fingerprint density at radius 3 is 2.42 bits per heavy atom. The van der Waals surface area contributed by atoms with Crippen LogP contribution in [0, 0.1) is 6.92 Å². The largest absolute Gasteiger partial charge is 0.352 e. The Kier molecular flexibility index (Phi) is 4.20. The molecule has 102 valence electrons. The minimum absolute atomic E-state index is 0.0650. The summed E-state index contributed by atoms with van der Waals surface area (Å²) in [5, 5.41) is 2.90. The van der Waals surface area contributed by atoms with Gasteiger partial charge < -0.3 is 10.2 Å². The van der Waals surface area contributed by atoms with Crippen LogP contribution in [0.4, 0.5) is 0 Å². The van der Waals surface area contributed by atoms with E-state index in [9.17, 15) is 9.59 Å². The lowest BCUT2D eigenvalue weighted by Gasteiger charge is -2.20. The van der Waals surface area contributed by atoms with Crippen molar-refractivity contribution in [3.05, 3.63) is 35.4 Å². The predicted molar refractivity (Wildman–Crippen MR) is 73.4 cm³/mol. The van der Waals surface area contributed by atoms with Crippen LogP contribution in [0.3, 0.4) is 0 Å². The summed E-state index contributed by atoms with van der Waals surface area (Å²) in [6.45, 7) is 4.14. The Morgan fingerprint density at radius 2 is 1.89 bits per heavy atom. The maximum atomic E-state index is 11.7. The van der Waals surface area contributed by atoms with E-state index in [-0.39, 0.29) is 18.4 Å². The molecule has 0 aromatic heterocycles. The summed E-state index contributed by atoms with van der Waals surface area (Å²) in [4.78, 5) is 24.9. The van der Waals surface area contributed by atoms with Gasteiger partial charge in [0.15, 0.2) is 0 Å². The first-order valence-corrected chi connectivity index (χ1v) is 6.65. The number of rotatable bonds is 5. The third-order valence-corrected chi connectivity index (χ3v) is 3.22. The number of carbonyl (C=O) groups is 2. The molecule has 0 atom stereocenters. The van der Waals surface area contributed by atoms with Crippen molar-refractivity contribution in [1.82, 2.24) is 10.2 Å². The van der Waals surface area contributed by atoms with E-state index in [4.69, 9.17) is 0 Å². The van der Waals surface area contributed by atoms with Crippen LogP contribution in [-0.2, 0) is 16.1 Å². The molecule has 1 aliphatic rings. The molecule has 1 saturated carbocycles. The van der Waals surface area contributed by atoms with Crippen molar-refractivity contribution in [3.63, 3.8) is 0 Å². The van der Waals surface area contributed by atoms with Crippen LogP contribution in [0.25, 0.3) is 0 Å². The van der Waals surface area contributed by atoms with Gasteiger partial charge in [-0.05, 0) is 25.3 Å². The first-order chi connectivity index (χ1) is 9.04. The van der Waals surface area contributed by atoms with Crippen LogP contribution >= 0.6 is 0 Å². The highest BCUT2D eigenvalue weighted by molar-refractivity contribution is 5.84. The lowest BCUT2D eigenvalue weighted by molar-refractivity contribution is -0.135. The zero-order valence-electron chi connectivity index (χ0n) is 11.5. The molecule has 0 radical (unpaired) electrons. The van der Waals surface area contributed by atoms with Gasteiger partial charge in [0.25, 0.3) is 0 Å². The van der Waals surface area contributed by atoms with Gasteiger partial charge >= 0.3 is 0 Å². The average Bonchev–Trinajstić information content (AvgIpc) is 3.14. The minimum atomic E-state index is -0.0773. The van der Waals surface area contributed by atoms with E-state index in [1.54, 1.807) is 4.90 Å². The quantitative estimate of drug-likeness (QED) is 0.874. The summed E-state index contributed by atoms with van der Waals surface area (Å²) < 4.78 is 0. The molecule has 4 heteroatoms. The van der Waals surface area contributed by atoms with E-state index in [2.05, 4.69) is 5.32 Å². The fourth-order valence-electron chi connectivity index (χ4n) is 1.87. The molecular weight excluding hydrogens is 240 g/mol. The van der Waals surface area contributed by atoms with Crippen LogP contribution in [0.1, 0.15) is 30.9 Å². The third-order valence-electron chi connectivity index (χ3n) is 3.22. The fraction of sp³-hybridized carbons (Fsp3) is 0.467. The van der Waals surface area contributed by atoms with Gasteiger partial charge in [-0.3, -0.25) is 9.59 Å².